The van der Waals surface area contributed by atoms with Gasteiger partial charge in [0, 0.05) is 50.7 Å². The Morgan fingerprint density at radius 1 is 0.683 bits per heavy atom. The molecule has 320 valence electrons. The zero-order valence-corrected chi connectivity index (χ0v) is 36.6. The number of hydrogen-bond donors (Lipinski definition) is 2. The van der Waals surface area contributed by atoms with Crippen LogP contribution in [0.3, 0.4) is 0 Å². The van der Waals surface area contributed by atoms with E-state index in [0.29, 0.717) is 51.3 Å². The number of nitrogen functional groups attached to an aromatic ring is 1. The lowest BCUT2D eigenvalue weighted by atomic mass is 10.1. The zero-order chi connectivity index (χ0) is 45.1. The number of rotatable bonds is 11. The quantitative estimate of drug-likeness (QED) is 0.0711. The Hall–Kier alpha value is -7.12. The van der Waals surface area contributed by atoms with E-state index in [1.165, 1.54) is 59.1 Å². The van der Waals surface area contributed by atoms with Gasteiger partial charge in [0.05, 0.1) is 60.6 Å². The van der Waals surface area contributed by atoms with Gasteiger partial charge in [-0.05, 0) is 71.8 Å². The number of carboxylic acid groups (broad SMARTS) is 1. The summed E-state index contributed by atoms with van der Waals surface area (Å²) in [6, 6.07) is 24.7. The summed E-state index contributed by atoms with van der Waals surface area (Å²) >= 11 is 10.1. The first-order valence-corrected chi connectivity index (χ1v) is 21.5. The van der Waals surface area contributed by atoms with Crippen LogP contribution >= 0.6 is 45.6 Å². The molecule has 19 heteroatoms. The Bertz CT molecular complexity index is 2670. The maximum atomic E-state index is 12.1. The van der Waals surface area contributed by atoms with E-state index in [0.717, 1.165) is 22.4 Å². The van der Waals surface area contributed by atoms with Crippen LogP contribution in [-0.2, 0) is 22.3 Å². The molecule has 0 amide bonds. The number of carbonyl (C=O) groups excluding carboxylic acids is 4. The van der Waals surface area contributed by atoms with Crippen LogP contribution in [0.25, 0.3) is 0 Å². The standard InChI is InChI=1S/C19H13ClN4OS.C13H11NO3S.C8H9NO2.C4H3NO2S/c20-14-3-1-2-12(6-14)16-9-22-19(24-16)13-4-5-15(21-8-13)7-18(25)17-10-26-11-23-17;1-17-13(16)10-4-2-9(3-5-10)6-12(15)11-7-18-8-14-11;1-11-8(10)6-2-4-7(9)5-3-6;6-4(7)3-1-8-2-5-3/h1-6,8,10-11H,7,9H2;2-5,7-8H,6H2,1H3;2-5H,9H2,1H3;1-2H,(H,6,7). The molecule has 3 N–H and O–H groups in total. The molecular weight excluding hydrogens is 886 g/mol. The van der Waals surface area contributed by atoms with E-state index in [9.17, 15) is 24.0 Å². The maximum Gasteiger partial charge on any atom is 0.355 e. The van der Waals surface area contributed by atoms with Crippen LogP contribution in [0.1, 0.15) is 74.6 Å². The molecule has 0 aliphatic carbocycles. The number of pyridine rings is 1. The van der Waals surface area contributed by atoms with Crippen molar-refractivity contribution in [3.8, 4) is 0 Å². The molecule has 0 atom stereocenters. The molecule has 0 bridgehead atoms. The Kier molecular flexibility index (Phi) is 17.7. The average Bonchev–Trinajstić information content (AvgIpc) is 4.16. The van der Waals surface area contributed by atoms with Gasteiger partial charge >= 0.3 is 17.9 Å². The number of amidine groups is 1. The normalized spacial score (nSPS) is 11.2. The highest BCUT2D eigenvalue weighted by Crippen LogP contribution is 2.17. The fourth-order valence-corrected chi connectivity index (χ4v) is 6.98. The van der Waals surface area contributed by atoms with Crippen molar-refractivity contribution in [2.45, 2.75) is 12.8 Å². The first-order valence-electron chi connectivity index (χ1n) is 18.3. The number of esters is 2. The largest absolute Gasteiger partial charge is 0.476 e. The van der Waals surface area contributed by atoms with Gasteiger partial charge in [0.1, 0.15) is 11.4 Å². The lowest BCUT2D eigenvalue weighted by molar-refractivity contribution is 0.0592. The van der Waals surface area contributed by atoms with Crippen LogP contribution in [0.4, 0.5) is 5.69 Å². The second kappa shape index (κ2) is 23.8. The van der Waals surface area contributed by atoms with E-state index in [4.69, 9.17) is 22.4 Å². The van der Waals surface area contributed by atoms with E-state index in [-0.39, 0.29) is 42.0 Å². The second-order valence-electron chi connectivity index (χ2n) is 12.7. The Morgan fingerprint density at radius 3 is 1.71 bits per heavy atom. The number of anilines is 1. The summed E-state index contributed by atoms with van der Waals surface area (Å²) in [5.74, 6) is -1.11. The van der Waals surface area contributed by atoms with Crippen molar-refractivity contribution in [1.82, 2.24) is 19.9 Å². The molecule has 15 nitrogen and oxygen atoms in total. The summed E-state index contributed by atoms with van der Waals surface area (Å²) in [7, 11) is 2.68. The minimum absolute atomic E-state index is 0.0259. The molecular formula is C44H36ClN7O8S3. The number of benzene rings is 3. The van der Waals surface area contributed by atoms with E-state index in [1.807, 2.05) is 36.4 Å². The third kappa shape index (κ3) is 14.5. The predicted molar refractivity (Wildman–Crippen MR) is 243 cm³/mol. The molecule has 1 aliphatic heterocycles. The van der Waals surface area contributed by atoms with Gasteiger partial charge in [0.25, 0.3) is 0 Å². The number of ketones is 2. The molecule has 5 heterocycles. The number of methoxy groups -OCH3 is 2. The number of thiazole rings is 3. The van der Waals surface area contributed by atoms with Gasteiger partial charge in [-0.2, -0.15) is 0 Å². The number of aromatic carboxylic acids is 1. The number of Topliss-reactive ketones (excluding diaryl/α,β-unsaturated/α-hetero) is 2. The number of nitrogens with zero attached hydrogens (tertiary/aromatic N) is 6. The number of nitrogens with two attached hydrogens (primary N) is 1. The van der Waals surface area contributed by atoms with Crippen LogP contribution in [0.15, 0.2) is 134 Å². The summed E-state index contributed by atoms with van der Waals surface area (Å²) in [5, 5.41) is 13.9. The van der Waals surface area contributed by atoms with Gasteiger partial charge in [-0.1, -0.05) is 35.9 Å². The lowest BCUT2D eigenvalue weighted by Gasteiger charge is -2.01. The smallest absolute Gasteiger partial charge is 0.355 e. The van der Waals surface area contributed by atoms with E-state index in [2.05, 4.69) is 39.4 Å². The van der Waals surface area contributed by atoms with Gasteiger partial charge < -0.3 is 20.3 Å². The average molecular weight is 922 g/mol. The summed E-state index contributed by atoms with van der Waals surface area (Å²) in [6.45, 7) is 0.514. The van der Waals surface area contributed by atoms with Gasteiger partial charge in [-0.25, -0.2) is 34.3 Å². The Balaban J connectivity index is 0.000000175. The fourth-order valence-electron chi connectivity index (χ4n) is 5.15. The molecule has 0 saturated heterocycles. The van der Waals surface area contributed by atoms with Crippen molar-refractivity contribution in [2.24, 2.45) is 9.98 Å². The van der Waals surface area contributed by atoms with E-state index >= 15 is 0 Å². The van der Waals surface area contributed by atoms with Gasteiger partial charge in [-0.15, -0.1) is 34.0 Å². The molecule has 0 fully saturated rings. The highest BCUT2D eigenvalue weighted by molar-refractivity contribution is 7.08. The molecule has 3 aromatic carbocycles. The monoisotopic (exact) mass is 921 g/mol. The first kappa shape index (κ1) is 46.9. The molecule has 1 aliphatic rings. The summed E-state index contributed by atoms with van der Waals surface area (Å²) in [6.07, 6.45) is 2.21. The highest BCUT2D eigenvalue weighted by atomic mass is 35.5. The van der Waals surface area contributed by atoms with Crippen molar-refractivity contribution >= 4 is 92.3 Å². The Morgan fingerprint density at radius 2 is 1.24 bits per heavy atom. The number of ether oxygens (including phenoxy) is 2. The van der Waals surface area contributed by atoms with Crippen LogP contribution < -0.4 is 5.73 Å². The molecule has 0 saturated carbocycles. The van der Waals surface area contributed by atoms with E-state index < -0.39 is 5.97 Å². The molecule has 4 aromatic heterocycles. The molecule has 63 heavy (non-hydrogen) atoms. The van der Waals surface area contributed by atoms with Crippen molar-refractivity contribution < 1.29 is 38.6 Å². The van der Waals surface area contributed by atoms with Crippen LogP contribution in [0, 0.1) is 0 Å². The summed E-state index contributed by atoms with van der Waals surface area (Å²) < 4.78 is 9.10. The van der Waals surface area contributed by atoms with Crippen molar-refractivity contribution in [2.75, 3.05) is 26.5 Å². The minimum Gasteiger partial charge on any atom is -0.476 e. The van der Waals surface area contributed by atoms with Gasteiger partial charge in [-0.3, -0.25) is 19.6 Å². The van der Waals surface area contributed by atoms with Crippen LogP contribution in [0.2, 0.25) is 5.02 Å². The van der Waals surface area contributed by atoms with Crippen LogP contribution in [0.5, 0.6) is 0 Å². The van der Waals surface area contributed by atoms with E-state index in [1.54, 1.807) is 76.5 Å². The third-order valence-corrected chi connectivity index (χ3v) is 10.4. The molecule has 8 rings (SSSR count). The highest BCUT2D eigenvalue weighted by Gasteiger charge is 2.16. The lowest BCUT2D eigenvalue weighted by Crippen LogP contribution is -2.06. The number of hydrogen-bond acceptors (Lipinski definition) is 17. The molecule has 0 spiro atoms. The van der Waals surface area contributed by atoms with Crippen molar-refractivity contribution in [3.05, 3.63) is 179 Å². The first-order chi connectivity index (χ1) is 30.4. The molecule has 0 unspecified atom stereocenters. The number of carbonyl (C=O) groups is 5. The Labute approximate surface area is 377 Å². The molecule has 0 radical (unpaired) electrons. The number of halogens is 1. The zero-order valence-electron chi connectivity index (χ0n) is 33.4. The topological polar surface area (TPSA) is 226 Å². The van der Waals surface area contributed by atoms with Crippen molar-refractivity contribution in [3.63, 3.8) is 0 Å². The summed E-state index contributed by atoms with van der Waals surface area (Å²) in [5.41, 5.74) is 17.1. The van der Waals surface area contributed by atoms with Crippen LogP contribution in [-0.4, -0.2) is 86.8 Å². The second-order valence-corrected chi connectivity index (χ2v) is 15.3. The third-order valence-electron chi connectivity index (χ3n) is 8.36. The molecule has 7 aromatic rings. The minimum atomic E-state index is -0.966. The maximum absolute atomic E-state index is 12.1. The van der Waals surface area contributed by atoms with Gasteiger partial charge in [0.2, 0.25) is 0 Å². The predicted octanol–water partition coefficient (Wildman–Crippen LogP) is 8.12. The number of aliphatic imine (C=N–C) groups is 2. The fraction of sp³-hybridized carbons (Fsp3) is 0.114. The summed E-state index contributed by atoms with van der Waals surface area (Å²) in [4.78, 5) is 81.0. The number of aromatic nitrogens is 4. The van der Waals surface area contributed by atoms with Crippen molar-refractivity contribution in [1.29, 1.82) is 0 Å². The van der Waals surface area contributed by atoms with Gasteiger partial charge in [0.15, 0.2) is 23.1 Å². The SMILES string of the molecule is COC(=O)c1ccc(CC(=O)c2cscn2)cc1.COC(=O)c1ccc(N)cc1.O=C(Cc1ccc(C2=NCC(c3cccc(Cl)c3)=N2)cn1)c1cscn1.O=C(O)c1cscn1. The number of carboxylic acids is 1.